The Balaban J connectivity index is 2.69. The fourth-order valence-electron chi connectivity index (χ4n) is 1.77. The highest BCUT2D eigenvalue weighted by Gasteiger charge is 2.28. The average molecular weight is 215 g/mol. The molecule has 68 valence electrons. The Kier molecular flexibility index (Phi) is 2.09. The van der Waals surface area contributed by atoms with Gasteiger partial charge in [0.15, 0.2) is 5.78 Å². The van der Waals surface area contributed by atoms with Crippen molar-refractivity contribution >= 4 is 29.0 Å². The lowest BCUT2D eigenvalue weighted by molar-refractivity contribution is 0.0990. The van der Waals surface area contributed by atoms with Crippen molar-refractivity contribution in [2.45, 2.75) is 19.3 Å². The van der Waals surface area contributed by atoms with Crippen LogP contribution in [0, 0.1) is 0 Å². The van der Waals surface area contributed by atoms with E-state index in [4.69, 9.17) is 23.2 Å². The molecule has 1 aromatic rings. The van der Waals surface area contributed by atoms with Crippen LogP contribution in [-0.4, -0.2) is 5.78 Å². The van der Waals surface area contributed by atoms with Gasteiger partial charge in [-0.1, -0.05) is 30.1 Å². The molecule has 3 heteroatoms. The highest BCUT2D eigenvalue weighted by Crippen LogP contribution is 2.38. The second-order valence-corrected chi connectivity index (χ2v) is 4.22. The molecule has 0 saturated carbocycles. The summed E-state index contributed by atoms with van der Waals surface area (Å²) in [7, 11) is 0. The van der Waals surface area contributed by atoms with Crippen LogP contribution in [0.4, 0.5) is 0 Å². The number of rotatable bonds is 0. The minimum absolute atomic E-state index is 0.129. The smallest absolute Gasteiger partial charge is 0.165 e. The van der Waals surface area contributed by atoms with E-state index in [2.05, 4.69) is 0 Å². The van der Waals surface area contributed by atoms with E-state index in [1.165, 1.54) is 0 Å². The third kappa shape index (κ3) is 1.36. The molecule has 0 N–H and O–H groups in total. The third-order valence-electron chi connectivity index (χ3n) is 2.39. The van der Waals surface area contributed by atoms with Crippen LogP contribution in [0.1, 0.15) is 35.2 Å². The van der Waals surface area contributed by atoms with Gasteiger partial charge in [0.1, 0.15) is 0 Å². The standard InChI is InChI=1S/C10H8Cl2O/c1-5-2-9(13)10-7(5)3-6(11)4-8(10)12/h3-5H,2H2,1H3. The number of hydrogen-bond acceptors (Lipinski definition) is 1. The molecule has 1 atom stereocenters. The first-order valence-corrected chi connectivity index (χ1v) is 4.87. The fraction of sp³-hybridized carbons (Fsp3) is 0.300. The largest absolute Gasteiger partial charge is 0.294 e. The molecule has 0 aliphatic heterocycles. The lowest BCUT2D eigenvalue weighted by atomic mass is 10.0. The van der Waals surface area contributed by atoms with Gasteiger partial charge >= 0.3 is 0 Å². The number of carbonyl (C=O) groups is 1. The Morgan fingerprint density at radius 2 is 2.08 bits per heavy atom. The van der Waals surface area contributed by atoms with Crippen LogP contribution in [0.3, 0.4) is 0 Å². The van der Waals surface area contributed by atoms with E-state index in [9.17, 15) is 4.79 Å². The first-order chi connectivity index (χ1) is 6.09. The molecule has 13 heavy (non-hydrogen) atoms. The van der Waals surface area contributed by atoms with Gasteiger partial charge in [-0.2, -0.15) is 0 Å². The number of benzene rings is 1. The lowest BCUT2D eigenvalue weighted by Gasteiger charge is -2.04. The molecule has 0 spiro atoms. The van der Waals surface area contributed by atoms with Crippen molar-refractivity contribution < 1.29 is 4.79 Å². The number of carbonyl (C=O) groups excluding carboxylic acids is 1. The summed E-state index contributed by atoms with van der Waals surface area (Å²) < 4.78 is 0. The van der Waals surface area contributed by atoms with Gasteiger partial charge in [0, 0.05) is 17.0 Å². The van der Waals surface area contributed by atoms with Gasteiger partial charge in [0.05, 0.1) is 5.02 Å². The van der Waals surface area contributed by atoms with Gasteiger partial charge in [-0.05, 0) is 23.6 Å². The van der Waals surface area contributed by atoms with E-state index >= 15 is 0 Å². The topological polar surface area (TPSA) is 17.1 Å². The van der Waals surface area contributed by atoms with Gasteiger partial charge < -0.3 is 0 Å². The summed E-state index contributed by atoms with van der Waals surface area (Å²) in [5, 5.41) is 1.09. The Bertz CT molecular complexity index is 385. The van der Waals surface area contributed by atoms with E-state index in [0.717, 1.165) is 5.56 Å². The normalized spacial score (nSPS) is 20.5. The third-order valence-corrected chi connectivity index (χ3v) is 2.90. The van der Waals surface area contributed by atoms with E-state index in [1.54, 1.807) is 6.07 Å². The van der Waals surface area contributed by atoms with Crippen molar-refractivity contribution in [2.24, 2.45) is 0 Å². The maximum absolute atomic E-state index is 11.5. The first kappa shape index (κ1) is 9.04. The molecule has 1 unspecified atom stereocenters. The Labute approximate surface area is 86.7 Å². The summed E-state index contributed by atoms with van der Waals surface area (Å²) >= 11 is 11.8. The zero-order valence-electron chi connectivity index (χ0n) is 7.10. The predicted molar refractivity (Wildman–Crippen MR) is 53.8 cm³/mol. The SMILES string of the molecule is CC1CC(=O)c2c(Cl)cc(Cl)cc21. The average Bonchev–Trinajstić information content (AvgIpc) is 2.27. The Morgan fingerprint density at radius 1 is 1.38 bits per heavy atom. The van der Waals surface area contributed by atoms with Crippen LogP contribution in [0.25, 0.3) is 0 Å². The summed E-state index contributed by atoms with van der Waals surface area (Å²) in [5.74, 6) is 0.378. The minimum Gasteiger partial charge on any atom is -0.294 e. The van der Waals surface area contributed by atoms with Crippen molar-refractivity contribution in [3.05, 3.63) is 33.3 Å². The van der Waals surface area contributed by atoms with Gasteiger partial charge in [-0.3, -0.25) is 4.79 Å². The number of halogens is 2. The van der Waals surface area contributed by atoms with E-state index < -0.39 is 0 Å². The van der Waals surface area contributed by atoms with Gasteiger partial charge in [-0.25, -0.2) is 0 Å². The van der Waals surface area contributed by atoms with Crippen molar-refractivity contribution in [1.82, 2.24) is 0 Å². The molecule has 1 aromatic carbocycles. The Morgan fingerprint density at radius 3 is 2.77 bits per heavy atom. The molecule has 0 bridgehead atoms. The van der Waals surface area contributed by atoms with Crippen LogP contribution >= 0.6 is 23.2 Å². The summed E-state index contributed by atoms with van der Waals surface area (Å²) in [6.07, 6.45) is 0.551. The molecule has 0 aromatic heterocycles. The predicted octanol–water partition coefficient (Wildman–Crippen LogP) is 3.68. The van der Waals surface area contributed by atoms with Crippen LogP contribution in [0.15, 0.2) is 12.1 Å². The van der Waals surface area contributed by atoms with Crippen molar-refractivity contribution in [2.75, 3.05) is 0 Å². The van der Waals surface area contributed by atoms with Crippen LogP contribution in [0.2, 0.25) is 10.0 Å². The molecule has 0 amide bonds. The quantitative estimate of drug-likeness (QED) is 0.645. The van der Waals surface area contributed by atoms with E-state index in [1.807, 2.05) is 13.0 Å². The number of hydrogen-bond donors (Lipinski definition) is 0. The molecule has 1 aliphatic carbocycles. The summed E-state index contributed by atoms with van der Waals surface area (Å²) in [6.45, 7) is 2.01. The zero-order valence-corrected chi connectivity index (χ0v) is 8.62. The second kappa shape index (κ2) is 3.00. The molecule has 0 heterocycles. The molecule has 2 rings (SSSR count). The second-order valence-electron chi connectivity index (χ2n) is 3.38. The highest BCUT2D eigenvalue weighted by molar-refractivity contribution is 6.37. The molecular weight excluding hydrogens is 207 g/mol. The zero-order chi connectivity index (χ0) is 9.59. The minimum atomic E-state index is 0.129. The molecule has 1 nitrogen and oxygen atoms in total. The van der Waals surface area contributed by atoms with Crippen LogP contribution in [0.5, 0.6) is 0 Å². The van der Waals surface area contributed by atoms with Crippen LogP contribution in [-0.2, 0) is 0 Å². The lowest BCUT2D eigenvalue weighted by Crippen LogP contribution is -1.92. The summed E-state index contributed by atoms with van der Waals surface area (Å²) in [4.78, 5) is 11.5. The summed E-state index contributed by atoms with van der Waals surface area (Å²) in [6, 6.07) is 3.45. The molecule has 0 radical (unpaired) electrons. The molecule has 1 aliphatic rings. The first-order valence-electron chi connectivity index (χ1n) is 4.11. The summed E-state index contributed by atoms with van der Waals surface area (Å²) in [5.41, 5.74) is 1.65. The van der Waals surface area contributed by atoms with E-state index in [0.29, 0.717) is 22.0 Å². The van der Waals surface area contributed by atoms with Gasteiger partial charge in [0.25, 0.3) is 0 Å². The maximum Gasteiger partial charge on any atom is 0.165 e. The van der Waals surface area contributed by atoms with Crippen molar-refractivity contribution in [1.29, 1.82) is 0 Å². The number of fused-ring (bicyclic) bond motifs is 1. The number of ketones is 1. The maximum atomic E-state index is 11.5. The molecule has 0 fully saturated rings. The fourth-order valence-corrected chi connectivity index (χ4v) is 2.38. The van der Waals surface area contributed by atoms with Crippen molar-refractivity contribution in [3.63, 3.8) is 0 Å². The molecule has 0 saturated heterocycles. The van der Waals surface area contributed by atoms with Gasteiger partial charge in [0.2, 0.25) is 0 Å². The Hall–Kier alpha value is -0.530. The monoisotopic (exact) mass is 214 g/mol. The van der Waals surface area contributed by atoms with Crippen LogP contribution < -0.4 is 0 Å². The van der Waals surface area contributed by atoms with Crippen molar-refractivity contribution in [3.8, 4) is 0 Å². The molecular formula is C10H8Cl2O. The van der Waals surface area contributed by atoms with E-state index in [-0.39, 0.29) is 11.7 Å². The van der Waals surface area contributed by atoms with Gasteiger partial charge in [-0.15, -0.1) is 0 Å². The highest BCUT2D eigenvalue weighted by atomic mass is 35.5. The number of Topliss-reactive ketones (excluding diaryl/α,β-unsaturated/α-hetero) is 1.